The summed E-state index contributed by atoms with van der Waals surface area (Å²) in [5.74, 6) is 0. The van der Waals surface area contributed by atoms with E-state index < -0.39 is 11.7 Å². The summed E-state index contributed by atoms with van der Waals surface area (Å²) in [5, 5.41) is 9.35. The molecule has 0 radical (unpaired) electrons. The number of amides is 2. The molecule has 2 rings (SSSR count). The zero-order valence-corrected chi connectivity index (χ0v) is 13.3. The van der Waals surface area contributed by atoms with E-state index in [-0.39, 0.29) is 24.2 Å². The molecule has 0 aromatic heterocycles. The van der Waals surface area contributed by atoms with E-state index in [4.69, 9.17) is 4.74 Å². The second kappa shape index (κ2) is 5.73. The molecule has 3 atom stereocenters. The average Bonchev–Trinajstić information content (AvgIpc) is 2.33. The molecule has 21 heavy (non-hydrogen) atoms. The van der Waals surface area contributed by atoms with Crippen molar-refractivity contribution in [3.05, 3.63) is 0 Å². The van der Waals surface area contributed by atoms with Crippen LogP contribution >= 0.6 is 0 Å². The highest BCUT2D eigenvalue weighted by molar-refractivity contribution is 5.69. The summed E-state index contributed by atoms with van der Waals surface area (Å²) in [6, 6.07) is 0.125. The number of ether oxygens (including phenoxy) is 1. The van der Waals surface area contributed by atoms with Crippen LogP contribution in [0, 0.1) is 0 Å². The summed E-state index contributed by atoms with van der Waals surface area (Å²) in [5.41, 5.74) is -0.511. The Hall–Kier alpha value is -1.46. The lowest BCUT2D eigenvalue weighted by atomic mass is 9.81. The van der Waals surface area contributed by atoms with E-state index in [9.17, 15) is 14.7 Å². The Balaban J connectivity index is 2.03. The summed E-state index contributed by atoms with van der Waals surface area (Å²) < 4.78 is 5.41. The van der Waals surface area contributed by atoms with Crippen LogP contribution in [0.15, 0.2) is 0 Å². The predicted octanol–water partition coefficient (Wildman–Crippen LogP) is 2.92. The van der Waals surface area contributed by atoms with Crippen molar-refractivity contribution in [1.29, 1.82) is 0 Å². The number of nitrogens with zero attached hydrogens (tertiary/aromatic N) is 2. The molecule has 0 aliphatic carbocycles. The maximum absolute atomic E-state index is 12.2. The SMILES string of the molecule is CN(C(=O)OC(C)(C)C)C1C[C@H]2CCC[C@@H](C1)N2C(=O)O. The molecule has 0 saturated carbocycles. The van der Waals surface area contributed by atoms with Crippen LogP contribution in [0.5, 0.6) is 0 Å². The Bertz CT molecular complexity index is 404. The smallest absolute Gasteiger partial charge is 0.410 e. The number of piperidine rings is 2. The third-order valence-corrected chi connectivity index (χ3v) is 4.40. The van der Waals surface area contributed by atoms with Gasteiger partial charge in [0.25, 0.3) is 0 Å². The maximum atomic E-state index is 12.2. The first-order valence-corrected chi connectivity index (χ1v) is 7.66. The van der Waals surface area contributed by atoms with Crippen LogP contribution in [0.3, 0.4) is 0 Å². The van der Waals surface area contributed by atoms with Crippen molar-refractivity contribution in [1.82, 2.24) is 9.80 Å². The van der Waals surface area contributed by atoms with Gasteiger partial charge in [-0.1, -0.05) is 0 Å². The molecule has 0 aromatic rings. The topological polar surface area (TPSA) is 70.1 Å². The van der Waals surface area contributed by atoms with E-state index in [2.05, 4.69) is 0 Å². The second-order valence-corrected chi connectivity index (χ2v) is 7.14. The zero-order chi connectivity index (χ0) is 15.8. The van der Waals surface area contributed by atoms with Gasteiger partial charge in [0.15, 0.2) is 0 Å². The lowest BCUT2D eigenvalue weighted by Crippen LogP contribution is -2.58. The first kappa shape index (κ1) is 15.9. The summed E-state index contributed by atoms with van der Waals surface area (Å²) in [6.07, 6.45) is 3.11. The van der Waals surface area contributed by atoms with Crippen LogP contribution < -0.4 is 0 Å². The van der Waals surface area contributed by atoms with E-state index >= 15 is 0 Å². The van der Waals surface area contributed by atoms with Gasteiger partial charge in [0, 0.05) is 25.2 Å². The van der Waals surface area contributed by atoms with E-state index in [1.807, 2.05) is 20.8 Å². The van der Waals surface area contributed by atoms with E-state index in [0.29, 0.717) is 12.8 Å². The van der Waals surface area contributed by atoms with Gasteiger partial charge in [0.05, 0.1) is 0 Å². The molecule has 120 valence electrons. The van der Waals surface area contributed by atoms with E-state index in [1.54, 1.807) is 16.8 Å². The molecule has 6 nitrogen and oxygen atoms in total. The molecule has 0 spiro atoms. The summed E-state index contributed by atoms with van der Waals surface area (Å²) in [6.45, 7) is 5.54. The number of rotatable bonds is 1. The minimum absolute atomic E-state index is 0.0323. The highest BCUT2D eigenvalue weighted by Gasteiger charge is 2.43. The number of hydrogen-bond donors (Lipinski definition) is 1. The van der Waals surface area contributed by atoms with Gasteiger partial charge < -0.3 is 19.6 Å². The minimum Gasteiger partial charge on any atom is -0.465 e. The van der Waals surface area contributed by atoms with Crippen LogP contribution in [0.2, 0.25) is 0 Å². The van der Waals surface area contributed by atoms with Gasteiger partial charge in [-0.3, -0.25) is 0 Å². The number of carbonyl (C=O) groups excluding carboxylic acids is 1. The fourth-order valence-electron chi connectivity index (χ4n) is 3.46. The Morgan fingerprint density at radius 2 is 1.71 bits per heavy atom. The van der Waals surface area contributed by atoms with Gasteiger partial charge in [-0.05, 0) is 52.9 Å². The van der Waals surface area contributed by atoms with E-state index in [1.165, 1.54) is 0 Å². The molecule has 2 fully saturated rings. The predicted molar refractivity (Wildman–Crippen MR) is 78.3 cm³/mol. The van der Waals surface area contributed by atoms with Gasteiger partial charge in [0.1, 0.15) is 5.60 Å². The van der Waals surface area contributed by atoms with Crippen LogP contribution in [0.25, 0.3) is 0 Å². The highest BCUT2D eigenvalue weighted by Crippen LogP contribution is 2.36. The zero-order valence-electron chi connectivity index (χ0n) is 13.3. The molecular formula is C15H26N2O4. The quantitative estimate of drug-likeness (QED) is 0.808. The van der Waals surface area contributed by atoms with Crippen molar-refractivity contribution >= 4 is 12.2 Å². The largest absolute Gasteiger partial charge is 0.465 e. The molecule has 2 bridgehead atoms. The lowest BCUT2D eigenvalue weighted by Gasteiger charge is -2.49. The first-order chi connectivity index (χ1) is 9.69. The van der Waals surface area contributed by atoms with Crippen molar-refractivity contribution in [2.45, 2.75) is 76.6 Å². The molecule has 1 unspecified atom stereocenters. The average molecular weight is 298 g/mol. The van der Waals surface area contributed by atoms with Gasteiger partial charge >= 0.3 is 12.2 Å². The molecule has 2 aliphatic rings. The van der Waals surface area contributed by atoms with Crippen LogP contribution in [0.4, 0.5) is 9.59 Å². The van der Waals surface area contributed by atoms with Crippen LogP contribution in [0.1, 0.15) is 52.9 Å². The summed E-state index contributed by atoms with van der Waals surface area (Å²) in [7, 11) is 1.75. The Kier molecular flexibility index (Phi) is 4.35. The van der Waals surface area contributed by atoms with Gasteiger partial charge in [-0.15, -0.1) is 0 Å². The van der Waals surface area contributed by atoms with Crippen molar-refractivity contribution < 1.29 is 19.4 Å². The minimum atomic E-state index is -0.830. The molecule has 2 aliphatic heterocycles. The van der Waals surface area contributed by atoms with Crippen molar-refractivity contribution in [3.63, 3.8) is 0 Å². The number of carbonyl (C=O) groups is 2. The van der Waals surface area contributed by atoms with Crippen molar-refractivity contribution in [3.8, 4) is 0 Å². The fourth-order valence-corrected chi connectivity index (χ4v) is 3.46. The Labute approximate surface area is 126 Å². The molecule has 2 heterocycles. The monoisotopic (exact) mass is 298 g/mol. The second-order valence-electron chi connectivity index (χ2n) is 7.14. The van der Waals surface area contributed by atoms with Gasteiger partial charge in [-0.2, -0.15) is 0 Å². The maximum Gasteiger partial charge on any atom is 0.410 e. The Morgan fingerprint density at radius 3 is 2.14 bits per heavy atom. The molecule has 6 heteroatoms. The fraction of sp³-hybridized carbons (Fsp3) is 0.867. The molecule has 2 saturated heterocycles. The Morgan fingerprint density at radius 1 is 1.19 bits per heavy atom. The highest BCUT2D eigenvalue weighted by atomic mass is 16.6. The molecule has 2 amide bonds. The van der Waals surface area contributed by atoms with E-state index in [0.717, 1.165) is 19.3 Å². The van der Waals surface area contributed by atoms with Crippen molar-refractivity contribution in [2.24, 2.45) is 0 Å². The number of fused-ring (bicyclic) bond motifs is 2. The summed E-state index contributed by atoms with van der Waals surface area (Å²) >= 11 is 0. The summed E-state index contributed by atoms with van der Waals surface area (Å²) in [4.78, 5) is 26.8. The van der Waals surface area contributed by atoms with Crippen molar-refractivity contribution in [2.75, 3.05) is 7.05 Å². The van der Waals surface area contributed by atoms with Crippen LogP contribution in [-0.4, -0.2) is 57.9 Å². The lowest BCUT2D eigenvalue weighted by molar-refractivity contribution is -0.0113. The normalized spacial score (nSPS) is 29.0. The third kappa shape index (κ3) is 3.60. The number of carboxylic acid groups (broad SMARTS) is 1. The van der Waals surface area contributed by atoms with Gasteiger partial charge in [-0.25, -0.2) is 9.59 Å². The van der Waals surface area contributed by atoms with Crippen LogP contribution in [-0.2, 0) is 4.74 Å². The molecule has 1 N–H and O–H groups in total. The number of hydrogen-bond acceptors (Lipinski definition) is 3. The first-order valence-electron chi connectivity index (χ1n) is 7.66. The molecular weight excluding hydrogens is 272 g/mol. The standard InChI is InChI=1S/C15H26N2O4/c1-15(2,3)21-14(20)16(4)12-8-10-6-5-7-11(9-12)17(10)13(18)19/h10-12H,5-9H2,1-4H3,(H,18,19)/t10-,11+,12?. The molecule has 0 aromatic carbocycles. The third-order valence-electron chi connectivity index (χ3n) is 4.40. The van der Waals surface area contributed by atoms with Gasteiger partial charge in [0.2, 0.25) is 0 Å².